The lowest BCUT2D eigenvalue weighted by Crippen LogP contribution is -2.20. The molecule has 0 spiro atoms. The van der Waals surface area contributed by atoms with Crippen LogP contribution < -0.4 is 5.32 Å². The number of carbonyl (C=O) groups excluding carboxylic acids is 2. The number of nitrogens with one attached hydrogen (secondary N) is 1. The number of aromatic nitrogens is 2. The van der Waals surface area contributed by atoms with Crippen LogP contribution in [0.1, 0.15) is 17.0 Å². The second kappa shape index (κ2) is 9.61. The minimum Gasteiger partial charge on any atom is -0.452 e. The van der Waals surface area contributed by atoms with Gasteiger partial charge in [0.2, 0.25) is 0 Å². The minimum absolute atomic E-state index is 0.222. The molecule has 8 heteroatoms. The maximum absolute atomic E-state index is 12.0. The van der Waals surface area contributed by atoms with E-state index >= 15 is 0 Å². The number of hydrogen-bond acceptors (Lipinski definition) is 4. The lowest BCUT2D eigenvalue weighted by atomic mass is 10.2. The Morgan fingerprint density at radius 1 is 1.10 bits per heavy atom. The fourth-order valence-electron chi connectivity index (χ4n) is 2.84. The fourth-order valence-corrected chi connectivity index (χ4v) is 3.19. The first-order chi connectivity index (χ1) is 14.4. The summed E-state index contributed by atoms with van der Waals surface area (Å²) in [4.78, 5) is 24.0. The zero-order valence-corrected chi connectivity index (χ0v) is 17.9. The van der Waals surface area contributed by atoms with Gasteiger partial charge in [-0.05, 0) is 44.2 Å². The Morgan fingerprint density at radius 2 is 1.83 bits per heavy atom. The molecular weight excluding hydrogens is 425 g/mol. The molecule has 0 aliphatic heterocycles. The van der Waals surface area contributed by atoms with E-state index in [1.807, 2.05) is 48.9 Å². The molecule has 30 heavy (non-hydrogen) atoms. The van der Waals surface area contributed by atoms with E-state index in [2.05, 4.69) is 10.4 Å². The van der Waals surface area contributed by atoms with Gasteiger partial charge in [0.1, 0.15) is 0 Å². The molecule has 1 amide bonds. The number of esters is 1. The quantitative estimate of drug-likeness (QED) is 0.430. The van der Waals surface area contributed by atoms with Crippen molar-refractivity contribution in [1.29, 1.82) is 0 Å². The van der Waals surface area contributed by atoms with Crippen LogP contribution in [0.25, 0.3) is 11.8 Å². The Balaban J connectivity index is 1.61. The number of amides is 1. The van der Waals surface area contributed by atoms with Crippen molar-refractivity contribution < 1.29 is 14.3 Å². The van der Waals surface area contributed by atoms with Crippen molar-refractivity contribution in [3.05, 3.63) is 81.6 Å². The summed E-state index contributed by atoms with van der Waals surface area (Å²) >= 11 is 11.9. The molecule has 0 atom stereocenters. The molecule has 0 fully saturated rings. The number of nitrogens with zero attached hydrogens (tertiary/aromatic N) is 2. The third-order valence-electron chi connectivity index (χ3n) is 4.31. The van der Waals surface area contributed by atoms with Crippen LogP contribution in [0, 0.1) is 13.8 Å². The zero-order valence-electron chi connectivity index (χ0n) is 16.4. The summed E-state index contributed by atoms with van der Waals surface area (Å²) in [5.41, 5.74) is 3.74. The van der Waals surface area contributed by atoms with Gasteiger partial charge in [0.05, 0.1) is 27.1 Å². The Bertz CT molecular complexity index is 1110. The van der Waals surface area contributed by atoms with Crippen LogP contribution in [0.15, 0.2) is 54.6 Å². The predicted octanol–water partition coefficient (Wildman–Crippen LogP) is 4.99. The van der Waals surface area contributed by atoms with Crippen LogP contribution >= 0.6 is 23.2 Å². The highest BCUT2D eigenvalue weighted by molar-refractivity contribution is 6.44. The van der Waals surface area contributed by atoms with Crippen LogP contribution in [0.4, 0.5) is 5.69 Å². The van der Waals surface area contributed by atoms with Crippen molar-refractivity contribution >= 4 is 46.8 Å². The van der Waals surface area contributed by atoms with Gasteiger partial charge in [-0.25, -0.2) is 9.48 Å². The molecular formula is C22H19Cl2N3O3. The minimum atomic E-state index is -0.645. The molecule has 0 saturated heterocycles. The van der Waals surface area contributed by atoms with Gasteiger partial charge in [0.25, 0.3) is 5.91 Å². The first-order valence-corrected chi connectivity index (χ1v) is 9.82. The molecule has 6 nitrogen and oxygen atoms in total. The average molecular weight is 444 g/mol. The standard InChI is InChI=1S/C22H19Cl2N3O3/c1-14-17(15(2)27(26-14)16-7-4-3-5-8-16)11-12-21(29)30-13-20(28)25-19-10-6-9-18(23)22(19)24/h3-12H,13H2,1-2H3,(H,25,28)/b12-11+. The van der Waals surface area contributed by atoms with Gasteiger partial charge in [0.15, 0.2) is 6.61 Å². The molecule has 0 bridgehead atoms. The molecule has 2 aromatic carbocycles. The summed E-state index contributed by atoms with van der Waals surface area (Å²) in [7, 11) is 0. The topological polar surface area (TPSA) is 73.2 Å². The maximum Gasteiger partial charge on any atom is 0.331 e. The first-order valence-electron chi connectivity index (χ1n) is 9.07. The number of hydrogen-bond donors (Lipinski definition) is 1. The smallest absolute Gasteiger partial charge is 0.331 e. The fraction of sp³-hybridized carbons (Fsp3) is 0.136. The van der Waals surface area contributed by atoms with Crippen LogP contribution in [0.2, 0.25) is 10.0 Å². The van der Waals surface area contributed by atoms with E-state index in [1.165, 1.54) is 6.08 Å². The number of benzene rings is 2. The molecule has 1 N–H and O–H groups in total. The third-order valence-corrected chi connectivity index (χ3v) is 5.12. The number of halogens is 2. The number of para-hydroxylation sites is 1. The maximum atomic E-state index is 12.0. The van der Waals surface area contributed by atoms with Gasteiger partial charge < -0.3 is 10.1 Å². The summed E-state index contributed by atoms with van der Waals surface area (Å²) in [6.45, 7) is 3.33. The van der Waals surface area contributed by atoms with Crippen LogP contribution in [-0.2, 0) is 14.3 Å². The normalized spacial score (nSPS) is 10.9. The molecule has 1 heterocycles. The zero-order chi connectivity index (χ0) is 21.7. The van der Waals surface area contributed by atoms with Crippen LogP contribution in [0.5, 0.6) is 0 Å². The van der Waals surface area contributed by atoms with Crippen molar-refractivity contribution in [2.75, 3.05) is 11.9 Å². The van der Waals surface area contributed by atoms with Gasteiger partial charge in [-0.1, -0.05) is 47.5 Å². The highest BCUT2D eigenvalue weighted by atomic mass is 35.5. The highest BCUT2D eigenvalue weighted by Gasteiger charge is 2.12. The summed E-state index contributed by atoms with van der Waals surface area (Å²) in [5.74, 6) is -1.17. The lowest BCUT2D eigenvalue weighted by molar-refractivity contribution is -0.142. The first kappa shape index (κ1) is 21.6. The Labute approximate surface area is 184 Å². The number of anilines is 1. The Hall–Kier alpha value is -3.09. The summed E-state index contributed by atoms with van der Waals surface area (Å²) in [6.07, 6.45) is 2.90. The molecule has 0 saturated carbocycles. The molecule has 0 aliphatic rings. The van der Waals surface area contributed by atoms with Crippen LogP contribution in [-0.4, -0.2) is 28.3 Å². The van der Waals surface area contributed by atoms with Crippen molar-refractivity contribution in [3.8, 4) is 5.69 Å². The highest BCUT2D eigenvalue weighted by Crippen LogP contribution is 2.29. The third kappa shape index (κ3) is 5.09. The van der Waals surface area contributed by atoms with Gasteiger partial charge in [0, 0.05) is 17.3 Å². The van der Waals surface area contributed by atoms with Gasteiger partial charge in [-0.15, -0.1) is 0 Å². The van der Waals surface area contributed by atoms with Crippen molar-refractivity contribution in [2.24, 2.45) is 0 Å². The van der Waals surface area contributed by atoms with Crippen molar-refractivity contribution in [3.63, 3.8) is 0 Å². The second-order valence-electron chi connectivity index (χ2n) is 6.42. The van der Waals surface area contributed by atoms with E-state index in [9.17, 15) is 9.59 Å². The van der Waals surface area contributed by atoms with E-state index in [-0.39, 0.29) is 5.02 Å². The van der Waals surface area contributed by atoms with E-state index in [1.54, 1.807) is 24.3 Å². The molecule has 0 unspecified atom stereocenters. The lowest BCUT2D eigenvalue weighted by Gasteiger charge is -2.08. The molecule has 3 rings (SSSR count). The molecule has 3 aromatic rings. The average Bonchev–Trinajstić information content (AvgIpc) is 3.02. The van der Waals surface area contributed by atoms with E-state index in [4.69, 9.17) is 27.9 Å². The molecule has 0 radical (unpaired) electrons. The van der Waals surface area contributed by atoms with Gasteiger partial charge in [-0.2, -0.15) is 5.10 Å². The van der Waals surface area contributed by atoms with E-state index < -0.39 is 18.5 Å². The Kier molecular flexibility index (Phi) is 6.92. The Morgan fingerprint density at radius 3 is 2.57 bits per heavy atom. The summed E-state index contributed by atoms with van der Waals surface area (Å²) < 4.78 is 6.81. The summed E-state index contributed by atoms with van der Waals surface area (Å²) in [6, 6.07) is 14.6. The number of ether oxygens (including phenoxy) is 1. The largest absolute Gasteiger partial charge is 0.452 e. The van der Waals surface area contributed by atoms with Crippen LogP contribution in [0.3, 0.4) is 0 Å². The molecule has 154 valence electrons. The van der Waals surface area contributed by atoms with Crippen molar-refractivity contribution in [1.82, 2.24) is 9.78 Å². The number of rotatable bonds is 6. The summed E-state index contributed by atoms with van der Waals surface area (Å²) in [5, 5.41) is 7.61. The van der Waals surface area contributed by atoms with Crippen molar-refractivity contribution in [2.45, 2.75) is 13.8 Å². The van der Waals surface area contributed by atoms with E-state index in [0.29, 0.717) is 10.7 Å². The molecule has 0 aliphatic carbocycles. The predicted molar refractivity (Wildman–Crippen MR) is 118 cm³/mol. The van der Waals surface area contributed by atoms with Gasteiger partial charge in [-0.3, -0.25) is 4.79 Å². The van der Waals surface area contributed by atoms with Gasteiger partial charge >= 0.3 is 5.97 Å². The number of aryl methyl sites for hydroxylation is 1. The SMILES string of the molecule is Cc1nn(-c2ccccc2)c(C)c1/C=C/C(=O)OCC(=O)Nc1cccc(Cl)c1Cl. The molecule has 1 aromatic heterocycles. The monoisotopic (exact) mass is 443 g/mol. The number of carbonyl (C=O) groups is 2. The van der Waals surface area contributed by atoms with E-state index in [0.717, 1.165) is 22.6 Å². The second-order valence-corrected chi connectivity index (χ2v) is 7.21.